The fourth-order valence-electron chi connectivity index (χ4n) is 3.46. The van der Waals surface area contributed by atoms with Crippen LogP contribution in [-0.4, -0.2) is 17.0 Å². The van der Waals surface area contributed by atoms with Crippen LogP contribution in [0.1, 0.15) is 19.3 Å². The summed E-state index contributed by atoms with van der Waals surface area (Å²) in [5.41, 5.74) is 0.770. The van der Waals surface area contributed by atoms with Gasteiger partial charge in [0.25, 0.3) is 0 Å². The first-order valence-corrected chi connectivity index (χ1v) is 8.32. The quantitative estimate of drug-likeness (QED) is 0.517. The van der Waals surface area contributed by atoms with Gasteiger partial charge >= 0.3 is 5.97 Å². The standard InChI is InChI=1S/C21H17NO3/c23-18(5-2-6-19(24)25)22-17-12-10-15-8-7-13-3-1-4-14-9-11-16(17)21(15)20(13)14/h1,3-4,7-12H,2,5-6H2,(H,22,23)(H,24,25). The number of anilines is 1. The molecule has 4 heteroatoms. The number of carboxylic acids is 1. The molecule has 124 valence electrons. The molecule has 0 aliphatic carbocycles. The van der Waals surface area contributed by atoms with E-state index in [1.807, 2.05) is 24.3 Å². The molecular formula is C21H17NO3. The number of hydrogen-bond acceptors (Lipinski definition) is 2. The van der Waals surface area contributed by atoms with Gasteiger partial charge in [0.15, 0.2) is 0 Å². The van der Waals surface area contributed by atoms with E-state index in [0.29, 0.717) is 6.42 Å². The zero-order chi connectivity index (χ0) is 17.4. The van der Waals surface area contributed by atoms with Crippen molar-refractivity contribution in [2.24, 2.45) is 0 Å². The minimum atomic E-state index is -0.879. The van der Waals surface area contributed by atoms with E-state index in [0.717, 1.165) is 21.8 Å². The zero-order valence-corrected chi connectivity index (χ0v) is 13.6. The number of aliphatic carboxylic acids is 1. The molecule has 0 unspecified atom stereocenters. The summed E-state index contributed by atoms with van der Waals surface area (Å²) in [6, 6.07) is 18.5. The lowest BCUT2D eigenvalue weighted by atomic mass is 9.93. The van der Waals surface area contributed by atoms with Gasteiger partial charge in [-0.25, -0.2) is 0 Å². The Morgan fingerprint density at radius 3 is 2.16 bits per heavy atom. The van der Waals surface area contributed by atoms with Crippen LogP contribution >= 0.6 is 0 Å². The zero-order valence-electron chi connectivity index (χ0n) is 13.6. The number of rotatable bonds is 5. The summed E-state index contributed by atoms with van der Waals surface area (Å²) < 4.78 is 0. The highest BCUT2D eigenvalue weighted by atomic mass is 16.4. The van der Waals surface area contributed by atoms with E-state index < -0.39 is 5.97 Å². The molecule has 0 aliphatic rings. The van der Waals surface area contributed by atoms with Gasteiger partial charge in [0.05, 0.1) is 0 Å². The monoisotopic (exact) mass is 331 g/mol. The summed E-state index contributed by atoms with van der Waals surface area (Å²) in [7, 11) is 0. The molecule has 0 spiro atoms. The lowest BCUT2D eigenvalue weighted by molar-refractivity contribution is -0.137. The van der Waals surface area contributed by atoms with Gasteiger partial charge in [-0.05, 0) is 39.4 Å². The Bertz CT molecular complexity index is 1080. The van der Waals surface area contributed by atoms with Crippen molar-refractivity contribution in [1.82, 2.24) is 0 Å². The summed E-state index contributed by atoms with van der Waals surface area (Å²) in [5.74, 6) is -1.04. The third kappa shape index (κ3) is 2.76. The average molecular weight is 331 g/mol. The van der Waals surface area contributed by atoms with Crippen LogP contribution in [0.4, 0.5) is 5.69 Å². The molecule has 4 aromatic rings. The first-order chi connectivity index (χ1) is 12.1. The number of hydrogen-bond donors (Lipinski definition) is 2. The first kappa shape index (κ1) is 15.4. The predicted octanol–water partition coefficient (Wildman–Crippen LogP) is 4.78. The van der Waals surface area contributed by atoms with Gasteiger partial charge in [-0.3, -0.25) is 9.59 Å². The summed E-state index contributed by atoms with van der Waals surface area (Å²) in [5, 5.41) is 18.5. The third-order valence-electron chi connectivity index (χ3n) is 4.60. The maximum absolute atomic E-state index is 12.1. The van der Waals surface area contributed by atoms with E-state index in [1.165, 1.54) is 16.2 Å². The van der Waals surface area contributed by atoms with E-state index in [1.54, 1.807) is 0 Å². The lowest BCUT2D eigenvalue weighted by Gasteiger charge is -2.14. The van der Waals surface area contributed by atoms with Crippen LogP contribution in [0.15, 0.2) is 54.6 Å². The maximum Gasteiger partial charge on any atom is 0.303 e. The molecule has 0 saturated heterocycles. The van der Waals surface area contributed by atoms with Gasteiger partial charge in [0.1, 0.15) is 0 Å². The molecular weight excluding hydrogens is 314 g/mol. The average Bonchev–Trinajstić information content (AvgIpc) is 2.60. The number of benzene rings is 4. The van der Waals surface area contributed by atoms with E-state index >= 15 is 0 Å². The molecule has 4 rings (SSSR count). The van der Waals surface area contributed by atoms with Crippen LogP contribution in [-0.2, 0) is 9.59 Å². The van der Waals surface area contributed by atoms with Crippen molar-refractivity contribution in [3.8, 4) is 0 Å². The van der Waals surface area contributed by atoms with E-state index in [2.05, 4.69) is 35.6 Å². The highest BCUT2D eigenvalue weighted by Crippen LogP contribution is 2.37. The molecule has 0 aliphatic heterocycles. The molecule has 0 fully saturated rings. The van der Waals surface area contributed by atoms with Crippen LogP contribution in [0.25, 0.3) is 32.3 Å². The van der Waals surface area contributed by atoms with Crippen LogP contribution in [0.3, 0.4) is 0 Å². The Morgan fingerprint density at radius 1 is 0.800 bits per heavy atom. The Kier molecular flexibility index (Phi) is 3.73. The lowest BCUT2D eigenvalue weighted by Crippen LogP contribution is -2.12. The van der Waals surface area contributed by atoms with Crippen molar-refractivity contribution < 1.29 is 14.7 Å². The Hall–Kier alpha value is -3.14. The van der Waals surface area contributed by atoms with Gasteiger partial charge in [0.2, 0.25) is 5.91 Å². The first-order valence-electron chi connectivity index (χ1n) is 8.32. The predicted molar refractivity (Wildman–Crippen MR) is 100 cm³/mol. The van der Waals surface area contributed by atoms with E-state index in [9.17, 15) is 9.59 Å². The van der Waals surface area contributed by atoms with Gasteiger partial charge in [-0.2, -0.15) is 0 Å². The molecule has 0 bridgehead atoms. The smallest absolute Gasteiger partial charge is 0.303 e. The summed E-state index contributed by atoms with van der Waals surface area (Å²) in [6.45, 7) is 0. The van der Waals surface area contributed by atoms with Gasteiger partial charge in [0, 0.05) is 23.9 Å². The number of nitrogens with one attached hydrogen (secondary N) is 1. The fourth-order valence-corrected chi connectivity index (χ4v) is 3.46. The topological polar surface area (TPSA) is 66.4 Å². The summed E-state index contributed by atoms with van der Waals surface area (Å²) in [6.07, 6.45) is 0.549. The van der Waals surface area contributed by atoms with Crippen molar-refractivity contribution in [3.05, 3.63) is 54.6 Å². The van der Waals surface area contributed by atoms with Gasteiger partial charge < -0.3 is 10.4 Å². The highest BCUT2D eigenvalue weighted by Gasteiger charge is 2.12. The Labute approximate surface area is 144 Å². The molecule has 2 N–H and O–H groups in total. The van der Waals surface area contributed by atoms with Crippen molar-refractivity contribution in [3.63, 3.8) is 0 Å². The number of carboxylic acid groups (broad SMARTS) is 1. The number of carbonyl (C=O) groups excluding carboxylic acids is 1. The second-order valence-corrected chi connectivity index (χ2v) is 6.26. The van der Waals surface area contributed by atoms with E-state index in [-0.39, 0.29) is 18.7 Å². The fraction of sp³-hybridized carbons (Fsp3) is 0.143. The van der Waals surface area contributed by atoms with Crippen LogP contribution in [0.5, 0.6) is 0 Å². The van der Waals surface area contributed by atoms with Crippen molar-refractivity contribution in [1.29, 1.82) is 0 Å². The summed E-state index contributed by atoms with van der Waals surface area (Å²) in [4.78, 5) is 22.7. The molecule has 0 atom stereocenters. The van der Waals surface area contributed by atoms with Crippen molar-refractivity contribution in [2.75, 3.05) is 5.32 Å². The van der Waals surface area contributed by atoms with E-state index in [4.69, 9.17) is 5.11 Å². The van der Waals surface area contributed by atoms with Gasteiger partial charge in [-0.15, -0.1) is 0 Å². The Morgan fingerprint density at radius 2 is 1.44 bits per heavy atom. The molecule has 25 heavy (non-hydrogen) atoms. The van der Waals surface area contributed by atoms with Crippen molar-refractivity contribution >= 4 is 49.9 Å². The number of carbonyl (C=O) groups is 2. The van der Waals surface area contributed by atoms with Crippen LogP contribution in [0.2, 0.25) is 0 Å². The SMILES string of the molecule is O=C(O)CCCC(=O)Nc1ccc2ccc3cccc4ccc1c2c34. The molecule has 1 amide bonds. The van der Waals surface area contributed by atoms with Crippen LogP contribution in [0, 0.1) is 0 Å². The molecule has 0 heterocycles. The normalized spacial score (nSPS) is 11.4. The van der Waals surface area contributed by atoms with Crippen LogP contribution < -0.4 is 5.32 Å². The maximum atomic E-state index is 12.1. The van der Waals surface area contributed by atoms with Crippen molar-refractivity contribution in [2.45, 2.75) is 19.3 Å². The summed E-state index contributed by atoms with van der Waals surface area (Å²) >= 11 is 0. The minimum Gasteiger partial charge on any atom is -0.481 e. The minimum absolute atomic E-state index is 0.00585. The Balaban J connectivity index is 1.75. The molecule has 0 radical (unpaired) electrons. The largest absolute Gasteiger partial charge is 0.481 e. The molecule has 0 saturated carbocycles. The molecule has 4 nitrogen and oxygen atoms in total. The second kappa shape index (κ2) is 6.06. The van der Waals surface area contributed by atoms with Gasteiger partial charge in [-0.1, -0.05) is 48.5 Å². The third-order valence-corrected chi connectivity index (χ3v) is 4.60. The number of amides is 1. The molecule has 4 aromatic carbocycles. The second-order valence-electron chi connectivity index (χ2n) is 6.26. The highest BCUT2D eigenvalue weighted by molar-refractivity contribution is 6.25. The molecule has 0 aromatic heterocycles.